The van der Waals surface area contributed by atoms with Crippen molar-refractivity contribution in [1.29, 1.82) is 0 Å². The third-order valence-electron chi connectivity index (χ3n) is 5.24. The molecule has 0 bridgehead atoms. The molecule has 1 saturated carbocycles. The number of rotatable bonds is 7. The van der Waals surface area contributed by atoms with E-state index in [4.69, 9.17) is 11.6 Å². The highest BCUT2D eigenvalue weighted by Crippen LogP contribution is 2.39. The maximum Gasteiger partial charge on any atom is 0.0438 e. The van der Waals surface area contributed by atoms with Gasteiger partial charge in [-0.25, -0.2) is 0 Å². The van der Waals surface area contributed by atoms with Crippen LogP contribution >= 0.6 is 11.6 Å². The Morgan fingerprint density at radius 1 is 1.19 bits per heavy atom. The number of halogens is 1. The molecule has 1 aliphatic rings. The minimum Gasteiger partial charge on any atom is -0.315 e. The molecule has 118 valence electrons. The topological polar surface area (TPSA) is 15.3 Å². The van der Waals surface area contributed by atoms with E-state index in [0.29, 0.717) is 6.04 Å². The van der Waals surface area contributed by atoms with Crippen LogP contribution in [-0.4, -0.2) is 36.6 Å². The second kappa shape index (κ2) is 7.62. The van der Waals surface area contributed by atoms with Crippen molar-refractivity contribution in [3.05, 3.63) is 34.9 Å². The fraction of sp³-hybridized carbons (Fsp3) is 0.667. The first-order valence-electron chi connectivity index (χ1n) is 8.33. The lowest BCUT2D eigenvalue weighted by Gasteiger charge is -2.46. The van der Waals surface area contributed by atoms with Gasteiger partial charge in [0, 0.05) is 16.6 Å². The molecule has 0 radical (unpaired) electrons. The highest BCUT2D eigenvalue weighted by molar-refractivity contribution is 6.31. The molecular formula is C18H29ClN2. The van der Waals surface area contributed by atoms with Crippen LogP contribution in [0.5, 0.6) is 0 Å². The monoisotopic (exact) mass is 308 g/mol. The maximum atomic E-state index is 6.38. The summed E-state index contributed by atoms with van der Waals surface area (Å²) in [5.74, 6) is 0. The quantitative estimate of drug-likeness (QED) is 0.815. The first-order chi connectivity index (χ1) is 10.2. The molecule has 1 N–H and O–H groups in total. The van der Waals surface area contributed by atoms with Crippen molar-refractivity contribution in [3.63, 3.8) is 0 Å². The molecule has 0 spiro atoms. The molecule has 0 amide bonds. The molecule has 0 saturated heterocycles. The fourth-order valence-corrected chi connectivity index (χ4v) is 4.38. The van der Waals surface area contributed by atoms with Crippen molar-refractivity contribution in [1.82, 2.24) is 10.2 Å². The van der Waals surface area contributed by atoms with Gasteiger partial charge in [0.25, 0.3) is 0 Å². The van der Waals surface area contributed by atoms with Gasteiger partial charge in [-0.1, -0.05) is 56.5 Å². The number of hydrogen-bond acceptors (Lipinski definition) is 2. The normalized spacial score (nSPS) is 19.1. The van der Waals surface area contributed by atoms with Crippen LogP contribution in [-0.2, 0) is 6.42 Å². The van der Waals surface area contributed by atoms with Crippen molar-refractivity contribution in [3.8, 4) is 0 Å². The molecule has 1 aromatic carbocycles. The zero-order valence-electron chi connectivity index (χ0n) is 13.7. The molecule has 1 atom stereocenters. The predicted octanol–water partition coefficient (Wildman–Crippen LogP) is 4.13. The van der Waals surface area contributed by atoms with E-state index in [1.807, 2.05) is 12.1 Å². The Kier molecular flexibility index (Phi) is 6.09. The van der Waals surface area contributed by atoms with Gasteiger partial charge >= 0.3 is 0 Å². The molecule has 1 fully saturated rings. The van der Waals surface area contributed by atoms with Gasteiger partial charge in [0.15, 0.2) is 0 Å². The predicted molar refractivity (Wildman–Crippen MR) is 92.1 cm³/mol. The third-order valence-corrected chi connectivity index (χ3v) is 5.61. The van der Waals surface area contributed by atoms with Gasteiger partial charge in [-0.3, -0.25) is 4.90 Å². The van der Waals surface area contributed by atoms with E-state index >= 15 is 0 Å². The van der Waals surface area contributed by atoms with Gasteiger partial charge in [-0.2, -0.15) is 0 Å². The van der Waals surface area contributed by atoms with Crippen molar-refractivity contribution in [2.75, 3.05) is 20.1 Å². The van der Waals surface area contributed by atoms with Gasteiger partial charge < -0.3 is 5.32 Å². The summed E-state index contributed by atoms with van der Waals surface area (Å²) in [6.45, 7) is 6.81. The van der Waals surface area contributed by atoms with E-state index in [1.54, 1.807) is 0 Å². The minimum atomic E-state index is 0.289. The molecule has 21 heavy (non-hydrogen) atoms. The van der Waals surface area contributed by atoms with E-state index in [0.717, 1.165) is 24.5 Å². The molecule has 0 heterocycles. The Balaban J connectivity index is 2.26. The summed E-state index contributed by atoms with van der Waals surface area (Å²) < 4.78 is 0. The summed E-state index contributed by atoms with van der Waals surface area (Å²) in [5.41, 5.74) is 1.55. The van der Waals surface area contributed by atoms with Crippen molar-refractivity contribution in [2.24, 2.45) is 0 Å². The largest absolute Gasteiger partial charge is 0.315 e. The molecule has 2 rings (SSSR count). The van der Waals surface area contributed by atoms with Crippen LogP contribution in [0, 0.1) is 0 Å². The van der Waals surface area contributed by atoms with Crippen molar-refractivity contribution in [2.45, 2.75) is 57.5 Å². The van der Waals surface area contributed by atoms with Crippen LogP contribution in [0.4, 0.5) is 0 Å². The number of hydrogen-bond donors (Lipinski definition) is 1. The minimum absolute atomic E-state index is 0.289. The number of nitrogens with zero attached hydrogens (tertiary/aromatic N) is 1. The van der Waals surface area contributed by atoms with Crippen LogP contribution in [0.25, 0.3) is 0 Å². The molecule has 3 heteroatoms. The smallest absolute Gasteiger partial charge is 0.0438 e. The fourth-order valence-electron chi connectivity index (χ4n) is 4.17. The third kappa shape index (κ3) is 3.44. The van der Waals surface area contributed by atoms with Crippen LogP contribution in [0.1, 0.15) is 45.1 Å². The highest BCUT2D eigenvalue weighted by Gasteiger charge is 2.44. The van der Waals surface area contributed by atoms with E-state index in [9.17, 15) is 0 Å². The summed E-state index contributed by atoms with van der Waals surface area (Å²) in [5, 5.41) is 4.50. The van der Waals surface area contributed by atoms with Gasteiger partial charge in [0.2, 0.25) is 0 Å². The first kappa shape index (κ1) is 16.8. The van der Waals surface area contributed by atoms with Gasteiger partial charge in [-0.15, -0.1) is 0 Å². The molecule has 1 unspecified atom stereocenters. The molecule has 0 aliphatic heterocycles. The van der Waals surface area contributed by atoms with E-state index < -0.39 is 0 Å². The Morgan fingerprint density at radius 2 is 1.81 bits per heavy atom. The summed E-state index contributed by atoms with van der Waals surface area (Å²) in [6.07, 6.45) is 6.29. The first-order valence-corrected chi connectivity index (χ1v) is 8.71. The Labute approximate surface area is 134 Å². The van der Waals surface area contributed by atoms with Crippen LogP contribution in [0.15, 0.2) is 24.3 Å². The zero-order valence-corrected chi connectivity index (χ0v) is 14.4. The summed E-state index contributed by atoms with van der Waals surface area (Å²) in [6, 6.07) is 8.72. The second-order valence-corrected chi connectivity index (χ2v) is 6.53. The van der Waals surface area contributed by atoms with E-state index in [1.165, 1.54) is 31.2 Å². The van der Waals surface area contributed by atoms with E-state index in [-0.39, 0.29) is 5.54 Å². The molecule has 1 aromatic rings. The number of nitrogens with one attached hydrogen (secondary N) is 1. The zero-order chi connectivity index (χ0) is 15.3. The molecule has 2 nitrogen and oxygen atoms in total. The Morgan fingerprint density at radius 3 is 2.33 bits per heavy atom. The lowest BCUT2D eigenvalue weighted by atomic mass is 9.82. The standard InChI is InChI=1S/C18H29ClN2/c1-4-21(5-2)18(12-8-9-13-18)17(20-3)14-15-10-6-7-11-16(15)19/h6-7,10-11,17,20H,4-5,8-9,12-14H2,1-3H3. The van der Waals surface area contributed by atoms with Gasteiger partial charge in [0.1, 0.15) is 0 Å². The van der Waals surface area contributed by atoms with E-state index in [2.05, 4.69) is 43.2 Å². The number of likely N-dealkylation sites (N-methyl/N-ethyl adjacent to an activating group) is 2. The second-order valence-electron chi connectivity index (χ2n) is 6.12. The average Bonchev–Trinajstić information content (AvgIpc) is 2.98. The van der Waals surface area contributed by atoms with Crippen molar-refractivity contribution < 1.29 is 0 Å². The number of benzene rings is 1. The summed E-state index contributed by atoms with van der Waals surface area (Å²) in [4.78, 5) is 2.66. The Hall–Kier alpha value is -0.570. The van der Waals surface area contributed by atoms with Crippen LogP contribution in [0.2, 0.25) is 5.02 Å². The molecular weight excluding hydrogens is 280 g/mol. The van der Waals surface area contributed by atoms with Crippen LogP contribution < -0.4 is 5.32 Å². The lowest BCUT2D eigenvalue weighted by molar-refractivity contribution is 0.0658. The van der Waals surface area contributed by atoms with Gasteiger partial charge in [-0.05, 0) is 51.0 Å². The highest BCUT2D eigenvalue weighted by atomic mass is 35.5. The average molecular weight is 309 g/mol. The van der Waals surface area contributed by atoms with Crippen LogP contribution in [0.3, 0.4) is 0 Å². The SMILES string of the molecule is CCN(CC)C1(C(Cc2ccccc2Cl)NC)CCCC1. The summed E-state index contributed by atoms with van der Waals surface area (Å²) >= 11 is 6.38. The van der Waals surface area contributed by atoms with Crippen molar-refractivity contribution >= 4 is 11.6 Å². The van der Waals surface area contributed by atoms with Gasteiger partial charge in [0.05, 0.1) is 0 Å². The molecule has 0 aromatic heterocycles. The lowest BCUT2D eigenvalue weighted by Crippen LogP contribution is -2.60. The summed E-state index contributed by atoms with van der Waals surface area (Å²) in [7, 11) is 2.10. The molecule has 1 aliphatic carbocycles. The Bertz CT molecular complexity index is 437. The maximum absolute atomic E-state index is 6.38.